The van der Waals surface area contributed by atoms with E-state index in [1.165, 1.54) is 26.0 Å². The van der Waals surface area contributed by atoms with Crippen LogP contribution in [0.25, 0.3) is 0 Å². The van der Waals surface area contributed by atoms with E-state index in [0.717, 1.165) is 23.4 Å². The number of unbranched alkanes of at least 4 members (excludes halogenated alkanes) is 1. The van der Waals surface area contributed by atoms with Crippen molar-refractivity contribution in [1.82, 2.24) is 0 Å². The third-order valence-corrected chi connectivity index (χ3v) is 5.32. The van der Waals surface area contributed by atoms with Gasteiger partial charge in [-0.2, -0.15) is 0 Å². The second-order valence-electron chi connectivity index (χ2n) is 6.20. The van der Waals surface area contributed by atoms with Crippen LogP contribution in [0.2, 0.25) is 5.02 Å². The van der Waals surface area contributed by atoms with Gasteiger partial charge in [0.25, 0.3) is 0 Å². The van der Waals surface area contributed by atoms with Crippen LogP contribution in [0, 0.1) is 0 Å². The summed E-state index contributed by atoms with van der Waals surface area (Å²) >= 11 is 7.52. The van der Waals surface area contributed by atoms with E-state index in [1.54, 1.807) is 12.1 Å². The van der Waals surface area contributed by atoms with Crippen molar-refractivity contribution >= 4 is 46.6 Å². The van der Waals surface area contributed by atoms with Crippen LogP contribution < -0.4 is 20.1 Å². The number of benzene rings is 2. The lowest BCUT2D eigenvalue weighted by Gasteiger charge is -2.13. The van der Waals surface area contributed by atoms with Crippen LogP contribution in [0.3, 0.4) is 0 Å². The summed E-state index contributed by atoms with van der Waals surface area (Å²) in [6, 6.07) is 10.6. The number of carbonyl (C=O) groups excluding carboxylic acids is 2. The molecule has 2 aromatic carbocycles. The van der Waals surface area contributed by atoms with Gasteiger partial charge in [0, 0.05) is 23.1 Å². The van der Waals surface area contributed by atoms with E-state index < -0.39 is 0 Å². The zero-order chi connectivity index (χ0) is 21.2. The first-order valence-electron chi connectivity index (χ1n) is 9.21. The van der Waals surface area contributed by atoms with Crippen molar-refractivity contribution in [2.45, 2.75) is 31.1 Å². The Morgan fingerprint density at radius 1 is 1.00 bits per heavy atom. The number of hydrogen-bond donors (Lipinski definition) is 2. The smallest absolute Gasteiger partial charge is 0.234 e. The molecule has 0 heterocycles. The van der Waals surface area contributed by atoms with Gasteiger partial charge in [-0.25, -0.2) is 0 Å². The van der Waals surface area contributed by atoms with E-state index >= 15 is 0 Å². The standard InChI is InChI=1S/C21H25ClN2O4S/c1-4-5-6-20(25)23-14-7-9-15(10-8-14)29-13-21(26)24-17-11-16(22)18(27-2)12-19(17)28-3/h7-12H,4-6,13H2,1-3H3,(H,23,25)(H,24,26). The number of hydrogen-bond acceptors (Lipinski definition) is 5. The first kappa shape index (κ1) is 22.9. The SMILES string of the molecule is CCCCC(=O)Nc1ccc(SCC(=O)Nc2cc(Cl)c(OC)cc2OC)cc1. The van der Waals surface area contributed by atoms with Gasteiger partial charge in [0.05, 0.1) is 30.7 Å². The Balaban J connectivity index is 1.89. The van der Waals surface area contributed by atoms with Crippen LogP contribution in [0.4, 0.5) is 11.4 Å². The van der Waals surface area contributed by atoms with E-state index in [-0.39, 0.29) is 17.6 Å². The van der Waals surface area contributed by atoms with Crippen LogP contribution in [0.5, 0.6) is 11.5 Å². The third kappa shape index (κ3) is 7.18. The van der Waals surface area contributed by atoms with Gasteiger partial charge in [-0.3, -0.25) is 9.59 Å². The molecule has 0 bridgehead atoms. The van der Waals surface area contributed by atoms with Crippen molar-refractivity contribution in [1.29, 1.82) is 0 Å². The number of amides is 2. The summed E-state index contributed by atoms with van der Waals surface area (Å²) in [5, 5.41) is 6.05. The molecular formula is C21H25ClN2O4S. The largest absolute Gasteiger partial charge is 0.495 e. The lowest BCUT2D eigenvalue weighted by Crippen LogP contribution is -2.14. The summed E-state index contributed by atoms with van der Waals surface area (Å²) in [5.41, 5.74) is 1.23. The number of rotatable bonds is 10. The second-order valence-corrected chi connectivity index (χ2v) is 7.66. The first-order chi connectivity index (χ1) is 14.0. The highest BCUT2D eigenvalue weighted by atomic mass is 35.5. The van der Waals surface area contributed by atoms with Gasteiger partial charge in [-0.05, 0) is 36.8 Å². The lowest BCUT2D eigenvalue weighted by atomic mass is 10.2. The predicted molar refractivity (Wildman–Crippen MR) is 119 cm³/mol. The second kappa shape index (κ2) is 11.6. The monoisotopic (exact) mass is 436 g/mol. The first-order valence-corrected chi connectivity index (χ1v) is 10.6. The van der Waals surface area contributed by atoms with Crippen LogP contribution in [-0.2, 0) is 9.59 Å². The summed E-state index contributed by atoms with van der Waals surface area (Å²) in [5.74, 6) is 0.977. The minimum absolute atomic E-state index is 0.0127. The summed E-state index contributed by atoms with van der Waals surface area (Å²) in [6.07, 6.45) is 2.38. The molecule has 0 saturated heterocycles. The molecule has 0 aliphatic carbocycles. The minimum atomic E-state index is -0.188. The van der Waals surface area contributed by atoms with Crippen LogP contribution in [-0.4, -0.2) is 31.8 Å². The molecular weight excluding hydrogens is 412 g/mol. The van der Waals surface area contributed by atoms with Crippen molar-refractivity contribution in [3.05, 3.63) is 41.4 Å². The molecule has 0 aliphatic rings. The van der Waals surface area contributed by atoms with Crippen molar-refractivity contribution in [3.63, 3.8) is 0 Å². The van der Waals surface area contributed by atoms with Gasteiger partial charge in [0.15, 0.2) is 0 Å². The van der Waals surface area contributed by atoms with E-state index in [4.69, 9.17) is 21.1 Å². The molecule has 6 nitrogen and oxygen atoms in total. The van der Waals surface area contributed by atoms with Gasteiger partial charge >= 0.3 is 0 Å². The molecule has 29 heavy (non-hydrogen) atoms. The maximum Gasteiger partial charge on any atom is 0.234 e. The van der Waals surface area contributed by atoms with Gasteiger partial charge in [0.1, 0.15) is 11.5 Å². The quantitative estimate of drug-likeness (QED) is 0.499. The molecule has 0 atom stereocenters. The van der Waals surface area contributed by atoms with E-state index in [1.807, 2.05) is 24.3 Å². The zero-order valence-corrected chi connectivity index (χ0v) is 18.3. The summed E-state index contributed by atoms with van der Waals surface area (Å²) in [6.45, 7) is 2.05. The average Bonchev–Trinajstić information content (AvgIpc) is 2.72. The van der Waals surface area contributed by atoms with Crippen molar-refractivity contribution in [2.75, 3.05) is 30.6 Å². The Kier molecular flexibility index (Phi) is 9.15. The molecule has 8 heteroatoms. The maximum atomic E-state index is 12.3. The number of halogens is 1. The summed E-state index contributed by atoms with van der Waals surface area (Å²) in [7, 11) is 3.02. The fraction of sp³-hybridized carbons (Fsp3) is 0.333. The van der Waals surface area contributed by atoms with Crippen LogP contribution in [0.1, 0.15) is 26.2 Å². The molecule has 0 aromatic heterocycles. The number of nitrogens with one attached hydrogen (secondary N) is 2. The van der Waals surface area contributed by atoms with Crippen molar-refractivity contribution in [3.8, 4) is 11.5 Å². The Bertz CT molecular complexity index is 843. The molecule has 156 valence electrons. The average molecular weight is 437 g/mol. The number of methoxy groups -OCH3 is 2. The Labute approximate surface area is 180 Å². The normalized spacial score (nSPS) is 10.3. The third-order valence-electron chi connectivity index (χ3n) is 4.01. The molecule has 0 unspecified atom stereocenters. The van der Waals surface area contributed by atoms with Crippen LogP contribution >= 0.6 is 23.4 Å². The van der Waals surface area contributed by atoms with Gasteiger partial charge in [-0.15, -0.1) is 11.8 Å². The number of thioether (sulfide) groups is 1. The molecule has 0 radical (unpaired) electrons. The highest BCUT2D eigenvalue weighted by Crippen LogP contribution is 2.36. The summed E-state index contributed by atoms with van der Waals surface area (Å²) < 4.78 is 10.4. The topological polar surface area (TPSA) is 76.7 Å². The number of carbonyl (C=O) groups is 2. The molecule has 0 fully saturated rings. The van der Waals surface area contributed by atoms with Crippen LogP contribution in [0.15, 0.2) is 41.3 Å². The predicted octanol–water partition coefficient (Wildman–Crippen LogP) is 5.22. The molecule has 0 saturated carbocycles. The molecule has 2 aromatic rings. The lowest BCUT2D eigenvalue weighted by molar-refractivity contribution is -0.116. The highest BCUT2D eigenvalue weighted by molar-refractivity contribution is 8.00. The van der Waals surface area contributed by atoms with E-state index in [2.05, 4.69) is 17.6 Å². The molecule has 0 aliphatic heterocycles. The highest BCUT2D eigenvalue weighted by Gasteiger charge is 2.13. The molecule has 2 amide bonds. The summed E-state index contributed by atoms with van der Waals surface area (Å²) in [4.78, 5) is 25.0. The van der Waals surface area contributed by atoms with Gasteiger partial charge in [0.2, 0.25) is 11.8 Å². The van der Waals surface area contributed by atoms with E-state index in [9.17, 15) is 9.59 Å². The fourth-order valence-corrected chi connectivity index (χ4v) is 3.43. The number of ether oxygens (including phenoxy) is 2. The Morgan fingerprint density at radius 3 is 2.31 bits per heavy atom. The van der Waals surface area contributed by atoms with Crippen molar-refractivity contribution in [2.24, 2.45) is 0 Å². The Hall–Kier alpha value is -2.38. The molecule has 2 rings (SSSR count). The zero-order valence-electron chi connectivity index (χ0n) is 16.7. The fourth-order valence-electron chi connectivity index (χ4n) is 2.49. The van der Waals surface area contributed by atoms with Gasteiger partial charge < -0.3 is 20.1 Å². The minimum Gasteiger partial charge on any atom is -0.495 e. The molecule has 0 spiro atoms. The van der Waals surface area contributed by atoms with Gasteiger partial charge in [-0.1, -0.05) is 24.9 Å². The Morgan fingerprint density at radius 2 is 1.69 bits per heavy atom. The number of anilines is 2. The maximum absolute atomic E-state index is 12.3. The molecule has 2 N–H and O–H groups in total. The van der Waals surface area contributed by atoms with Crippen molar-refractivity contribution < 1.29 is 19.1 Å². The van der Waals surface area contributed by atoms with E-state index in [0.29, 0.717) is 28.6 Å².